The van der Waals surface area contributed by atoms with Crippen LogP contribution in [0.3, 0.4) is 0 Å². The van der Waals surface area contributed by atoms with Crippen molar-refractivity contribution in [3.63, 3.8) is 0 Å². The topological polar surface area (TPSA) is 99.9 Å². The van der Waals surface area contributed by atoms with Crippen molar-refractivity contribution in [2.45, 2.75) is 0 Å². The first-order valence-corrected chi connectivity index (χ1v) is 5.94. The number of methoxy groups -OCH3 is 2. The zero-order chi connectivity index (χ0) is 15.0. The molecule has 0 fully saturated rings. The van der Waals surface area contributed by atoms with Crippen molar-refractivity contribution < 1.29 is 23.8 Å². The van der Waals surface area contributed by atoms with Gasteiger partial charge in [-0.2, -0.15) is 0 Å². The average Bonchev–Trinajstić information content (AvgIpc) is 2.44. The van der Waals surface area contributed by atoms with Gasteiger partial charge in [0, 0.05) is 19.2 Å². The van der Waals surface area contributed by atoms with Crippen LogP contribution in [0, 0.1) is 0 Å². The fourth-order valence-electron chi connectivity index (χ4n) is 1.45. The molecular weight excluding hydrogens is 264 g/mol. The number of rotatable bonds is 8. The third-order valence-electron chi connectivity index (χ3n) is 2.39. The number of carbonyl (C=O) groups excluding carboxylic acids is 2. The fraction of sp³-hybridized carbons (Fsp3) is 0.385. The lowest BCUT2D eigenvalue weighted by Crippen LogP contribution is -2.27. The Hall–Kier alpha value is -2.28. The predicted octanol–water partition coefficient (Wildman–Crippen LogP) is -0.0645. The fourth-order valence-corrected chi connectivity index (χ4v) is 1.45. The smallest absolute Gasteiger partial charge is 0.255 e. The second-order valence-corrected chi connectivity index (χ2v) is 3.87. The average molecular weight is 282 g/mol. The molecule has 0 saturated carbocycles. The highest BCUT2D eigenvalue weighted by atomic mass is 16.5. The number of primary amides is 1. The highest BCUT2D eigenvalue weighted by Gasteiger charge is 2.11. The molecule has 0 spiro atoms. The van der Waals surface area contributed by atoms with Crippen LogP contribution in [0.2, 0.25) is 0 Å². The second kappa shape index (κ2) is 8.00. The Kier molecular flexibility index (Phi) is 6.31. The molecule has 0 radical (unpaired) electrons. The predicted molar refractivity (Wildman–Crippen MR) is 71.9 cm³/mol. The van der Waals surface area contributed by atoms with E-state index in [-0.39, 0.29) is 12.5 Å². The molecule has 1 rings (SSSR count). The number of hydrogen-bond donors (Lipinski definition) is 2. The van der Waals surface area contributed by atoms with E-state index < -0.39 is 5.91 Å². The van der Waals surface area contributed by atoms with Gasteiger partial charge >= 0.3 is 0 Å². The summed E-state index contributed by atoms with van der Waals surface area (Å²) in [6.07, 6.45) is 0. The molecule has 0 bridgehead atoms. The minimum absolute atomic E-state index is 0.248. The van der Waals surface area contributed by atoms with Crippen LogP contribution in [-0.2, 0) is 9.53 Å². The molecule has 0 aliphatic rings. The van der Waals surface area contributed by atoms with Crippen molar-refractivity contribution in [2.24, 2.45) is 5.73 Å². The molecular formula is C13H18N2O5. The minimum Gasteiger partial charge on any atom is -0.493 e. The number of nitrogens with two attached hydrogens (primary N) is 1. The number of amides is 2. The van der Waals surface area contributed by atoms with Crippen molar-refractivity contribution >= 4 is 11.8 Å². The third-order valence-corrected chi connectivity index (χ3v) is 2.39. The normalized spacial score (nSPS) is 9.90. The van der Waals surface area contributed by atoms with Crippen LogP contribution in [0.4, 0.5) is 0 Å². The highest BCUT2D eigenvalue weighted by Crippen LogP contribution is 2.27. The van der Waals surface area contributed by atoms with E-state index in [2.05, 4.69) is 5.32 Å². The van der Waals surface area contributed by atoms with Gasteiger partial charge in [0.2, 0.25) is 0 Å². The number of nitrogens with one attached hydrogen (secondary N) is 1. The van der Waals surface area contributed by atoms with E-state index >= 15 is 0 Å². The molecule has 0 aliphatic carbocycles. The zero-order valence-electron chi connectivity index (χ0n) is 11.5. The molecule has 0 atom stereocenters. The summed E-state index contributed by atoms with van der Waals surface area (Å²) in [4.78, 5) is 22.5. The van der Waals surface area contributed by atoms with Gasteiger partial charge in [-0.15, -0.1) is 0 Å². The van der Waals surface area contributed by atoms with Gasteiger partial charge in [-0.3, -0.25) is 9.59 Å². The quantitative estimate of drug-likeness (QED) is 0.650. The molecule has 2 amide bonds. The Morgan fingerprint density at radius 1 is 1.25 bits per heavy atom. The van der Waals surface area contributed by atoms with E-state index in [1.807, 2.05) is 0 Å². The van der Waals surface area contributed by atoms with E-state index in [1.165, 1.54) is 13.2 Å². The number of ether oxygens (including phenoxy) is 3. The van der Waals surface area contributed by atoms with Crippen molar-refractivity contribution in [1.82, 2.24) is 5.32 Å². The van der Waals surface area contributed by atoms with Crippen LogP contribution in [0.25, 0.3) is 0 Å². The highest BCUT2D eigenvalue weighted by molar-refractivity contribution is 5.94. The third kappa shape index (κ3) is 4.77. The van der Waals surface area contributed by atoms with Gasteiger partial charge < -0.3 is 25.3 Å². The van der Waals surface area contributed by atoms with Crippen molar-refractivity contribution in [3.8, 4) is 11.5 Å². The van der Waals surface area contributed by atoms with Gasteiger partial charge in [0.15, 0.2) is 18.1 Å². The lowest BCUT2D eigenvalue weighted by molar-refractivity contribution is -0.119. The van der Waals surface area contributed by atoms with Crippen LogP contribution in [-0.4, -0.2) is 45.8 Å². The van der Waals surface area contributed by atoms with Gasteiger partial charge in [-0.25, -0.2) is 0 Å². The largest absolute Gasteiger partial charge is 0.493 e. The van der Waals surface area contributed by atoms with Crippen LogP contribution in [0.5, 0.6) is 11.5 Å². The van der Waals surface area contributed by atoms with Crippen molar-refractivity contribution in [1.29, 1.82) is 0 Å². The van der Waals surface area contributed by atoms with E-state index in [9.17, 15) is 9.59 Å². The van der Waals surface area contributed by atoms with Crippen LogP contribution in [0.15, 0.2) is 18.2 Å². The van der Waals surface area contributed by atoms with Crippen LogP contribution < -0.4 is 20.5 Å². The zero-order valence-corrected chi connectivity index (χ0v) is 11.5. The van der Waals surface area contributed by atoms with Crippen LogP contribution >= 0.6 is 0 Å². The maximum atomic E-state index is 11.8. The maximum Gasteiger partial charge on any atom is 0.255 e. The molecule has 0 heterocycles. The van der Waals surface area contributed by atoms with Gasteiger partial charge in [0.25, 0.3) is 11.8 Å². The van der Waals surface area contributed by atoms with Gasteiger partial charge in [0.1, 0.15) is 0 Å². The lowest BCUT2D eigenvalue weighted by atomic mass is 10.2. The molecule has 0 aromatic heterocycles. The van der Waals surface area contributed by atoms with Gasteiger partial charge in [-0.05, 0) is 18.2 Å². The molecule has 1 aromatic carbocycles. The van der Waals surface area contributed by atoms with E-state index in [0.717, 1.165) is 0 Å². The SMILES string of the molecule is COCCNC(=O)c1ccc(OCC(N)=O)c(OC)c1. The number of benzene rings is 1. The Morgan fingerprint density at radius 3 is 2.60 bits per heavy atom. The molecule has 0 aliphatic heterocycles. The summed E-state index contributed by atoms with van der Waals surface area (Å²) in [6, 6.07) is 4.65. The molecule has 7 heteroatoms. The molecule has 7 nitrogen and oxygen atoms in total. The minimum atomic E-state index is -0.589. The van der Waals surface area contributed by atoms with E-state index in [1.54, 1.807) is 19.2 Å². The van der Waals surface area contributed by atoms with E-state index in [0.29, 0.717) is 30.2 Å². The van der Waals surface area contributed by atoms with Crippen molar-refractivity contribution in [3.05, 3.63) is 23.8 Å². The maximum absolute atomic E-state index is 11.8. The first kappa shape index (κ1) is 15.8. The Morgan fingerprint density at radius 2 is 2.00 bits per heavy atom. The second-order valence-electron chi connectivity index (χ2n) is 3.87. The first-order valence-electron chi connectivity index (χ1n) is 5.94. The number of hydrogen-bond acceptors (Lipinski definition) is 5. The van der Waals surface area contributed by atoms with E-state index in [4.69, 9.17) is 19.9 Å². The van der Waals surface area contributed by atoms with Gasteiger partial charge in [0.05, 0.1) is 13.7 Å². The van der Waals surface area contributed by atoms with Gasteiger partial charge in [-0.1, -0.05) is 0 Å². The summed E-state index contributed by atoms with van der Waals surface area (Å²) in [7, 11) is 3.00. The Balaban J connectivity index is 2.75. The summed E-state index contributed by atoms with van der Waals surface area (Å²) in [5.41, 5.74) is 5.42. The standard InChI is InChI=1S/C13H18N2O5/c1-18-6-5-15-13(17)9-3-4-10(11(7-9)19-2)20-8-12(14)16/h3-4,7H,5-6,8H2,1-2H3,(H2,14,16)(H,15,17). The first-order chi connectivity index (χ1) is 9.58. The summed E-state index contributed by atoms with van der Waals surface area (Å²) in [5, 5.41) is 2.69. The van der Waals surface area contributed by atoms with Crippen molar-refractivity contribution in [2.75, 3.05) is 34.0 Å². The summed E-state index contributed by atoms with van der Waals surface area (Å²) in [5.74, 6) is -0.138. The Bertz CT molecular complexity index is 476. The monoisotopic (exact) mass is 282 g/mol. The summed E-state index contributed by atoms with van der Waals surface area (Å²) < 4.78 is 15.1. The molecule has 0 saturated heterocycles. The molecule has 3 N–H and O–H groups in total. The Labute approximate surface area is 117 Å². The number of carbonyl (C=O) groups is 2. The lowest BCUT2D eigenvalue weighted by Gasteiger charge is -2.11. The molecule has 1 aromatic rings. The summed E-state index contributed by atoms with van der Waals surface area (Å²) >= 11 is 0. The molecule has 0 unspecified atom stereocenters. The molecule has 20 heavy (non-hydrogen) atoms. The summed E-state index contributed by atoms with van der Waals surface area (Å²) in [6.45, 7) is 0.593. The molecule has 110 valence electrons. The van der Waals surface area contributed by atoms with Crippen LogP contribution in [0.1, 0.15) is 10.4 Å².